The lowest BCUT2D eigenvalue weighted by molar-refractivity contribution is 0.0942. The lowest BCUT2D eigenvalue weighted by Gasteiger charge is -2.28. The zero-order valence-corrected chi connectivity index (χ0v) is 11.1. The molecule has 2 nitrogen and oxygen atoms in total. The molecule has 2 unspecified atom stereocenters. The van der Waals surface area contributed by atoms with E-state index in [9.17, 15) is 13.6 Å². The maximum Gasteiger partial charge on any atom is 0.163 e. The van der Waals surface area contributed by atoms with Crippen molar-refractivity contribution in [3.8, 4) is 0 Å². The highest BCUT2D eigenvalue weighted by Crippen LogP contribution is 2.24. The molecule has 0 saturated carbocycles. The summed E-state index contributed by atoms with van der Waals surface area (Å²) in [5.74, 6) is -1.24. The van der Waals surface area contributed by atoms with Crippen molar-refractivity contribution in [2.45, 2.75) is 26.2 Å². The van der Waals surface area contributed by atoms with E-state index in [1.54, 1.807) is 0 Å². The van der Waals surface area contributed by atoms with Gasteiger partial charge in [-0.1, -0.05) is 6.92 Å². The molecule has 2 rings (SSSR count). The van der Waals surface area contributed by atoms with Gasteiger partial charge in [-0.15, -0.1) is 0 Å². The second-order valence-electron chi connectivity index (χ2n) is 5.34. The molecule has 1 saturated heterocycles. The van der Waals surface area contributed by atoms with Crippen LogP contribution in [0.25, 0.3) is 0 Å². The highest BCUT2D eigenvalue weighted by atomic mass is 19.2. The van der Waals surface area contributed by atoms with Crippen LogP contribution in [0.1, 0.15) is 36.5 Å². The monoisotopic (exact) mass is 267 g/mol. The predicted molar refractivity (Wildman–Crippen MR) is 70.1 cm³/mol. The summed E-state index contributed by atoms with van der Waals surface area (Å²) in [6.45, 7) is 4.03. The van der Waals surface area contributed by atoms with Crippen LogP contribution >= 0.6 is 0 Å². The number of rotatable bonds is 4. The van der Waals surface area contributed by atoms with Crippen LogP contribution in [-0.4, -0.2) is 18.9 Å². The van der Waals surface area contributed by atoms with Gasteiger partial charge in [-0.05, 0) is 56.0 Å². The van der Waals surface area contributed by atoms with Crippen molar-refractivity contribution < 1.29 is 13.6 Å². The number of Topliss-reactive ketones (excluding diaryl/α,β-unsaturated/α-hetero) is 1. The third-order valence-corrected chi connectivity index (χ3v) is 3.89. The number of carbonyl (C=O) groups excluding carboxylic acids is 1. The van der Waals surface area contributed by atoms with Crippen LogP contribution in [-0.2, 0) is 0 Å². The second kappa shape index (κ2) is 6.24. The molecule has 1 N–H and O–H groups in total. The molecule has 104 valence electrons. The molecule has 1 aliphatic heterocycles. The summed E-state index contributed by atoms with van der Waals surface area (Å²) in [4.78, 5) is 12.1. The topological polar surface area (TPSA) is 29.1 Å². The van der Waals surface area contributed by atoms with Gasteiger partial charge < -0.3 is 5.32 Å². The largest absolute Gasteiger partial charge is 0.316 e. The molecule has 1 aliphatic rings. The first-order valence-corrected chi connectivity index (χ1v) is 6.77. The number of carbonyl (C=O) groups is 1. The fourth-order valence-corrected chi connectivity index (χ4v) is 2.61. The molecule has 1 aromatic carbocycles. The Morgan fingerprint density at radius 2 is 2.21 bits per heavy atom. The van der Waals surface area contributed by atoms with Gasteiger partial charge in [0.25, 0.3) is 0 Å². The van der Waals surface area contributed by atoms with E-state index >= 15 is 0 Å². The molecule has 0 aromatic heterocycles. The maximum absolute atomic E-state index is 13.1. The minimum absolute atomic E-state index is 0.114. The number of ketones is 1. The molecular weight excluding hydrogens is 248 g/mol. The summed E-state index contributed by atoms with van der Waals surface area (Å²) in [6, 6.07) is 3.35. The van der Waals surface area contributed by atoms with Crippen molar-refractivity contribution in [3.05, 3.63) is 35.4 Å². The van der Waals surface area contributed by atoms with E-state index in [4.69, 9.17) is 0 Å². The average molecular weight is 267 g/mol. The molecule has 1 heterocycles. The molecule has 0 bridgehead atoms. The van der Waals surface area contributed by atoms with Gasteiger partial charge in [0.1, 0.15) is 0 Å². The maximum atomic E-state index is 13.1. The van der Waals surface area contributed by atoms with Crippen LogP contribution in [0.4, 0.5) is 8.78 Å². The Balaban J connectivity index is 1.97. The van der Waals surface area contributed by atoms with Crippen LogP contribution in [0, 0.1) is 23.5 Å². The second-order valence-corrected chi connectivity index (χ2v) is 5.34. The third-order valence-electron chi connectivity index (χ3n) is 3.89. The fraction of sp³-hybridized carbons (Fsp3) is 0.533. The molecule has 19 heavy (non-hydrogen) atoms. The van der Waals surface area contributed by atoms with E-state index in [0.29, 0.717) is 12.3 Å². The molecule has 1 fully saturated rings. The van der Waals surface area contributed by atoms with Gasteiger partial charge in [-0.2, -0.15) is 0 Å². The Bertz CT molecular complexity index is 455. The Labute approximate surface area is 112 Å². The van der Waals surface area contributed by atoms with Gasteiger partial charge in [-0.25, -0.2) is 8.78 Å². The van der Waals surface area contributed by atoms with Crippen molar-refractivity contribution in [2.75, 3.05) is 13.1 Å². The molecule has 0 amide bonds. The summed E-state index contributed by atoms with van der Waals surface area (Å²) >= 11 is 0. The fourth-order valence-electron chi connectivity index (χ4n) is 2.61. The zero-order valence-electron chi connectivity index (χ0n) is 11.1. The van der Waals surface area contributed by atoms with Crippen molar-refractivity contribution in [1.82, 2.24) is 5.32 Å². The zero-order chi connectivity index (χ0) is 13.8. The van der Waals surface area contributed by atoms with E-state index in [0.717, 1.165) is 38.1 Å². The summed E-state index contributed by atoms with van der Waals surface area (Å²) in [5, 5.41) is 3.32. The normalized spacial score (nSPS) is 21.1. The first kappa shape index (κ1) is 14.1. The van der Waals surface area contributed by atoms with Gasteiger partial charge in [-0.3, -0.25) is 4.79 Å². The number of hydrogen-bond donors (Lipinski definition) is 1. The van der Waals surface area contributed by atoms with Crippen LogP contribution < -0.4 is 5.32 Å². The average Bonchev–Trinajstić information content (AvgIpc) is 2.42. The first-order valence-electron chi connectivity index (χ1n) is 6.77. The van der Waals surface area contributed by atoms with E-state index < -0.39 is 11.6 Å². The van der Waals surface area contributed by atoms with Crippen LogP contribution in [0.5, 0.6) is 0 Å². The third kappa shape index (κ3) is 3.60. The summed E-state index contributed by atoms with van der Waals surface area (Å²) in [5.41, 5.74) is 0.259. The number of benzene rings is 1. The summed E-state index contributed by atoms with van der Waals surface area (Å²) in [7, 11) is 0. The molecule has 4 heteroatoms. The van der Waals surface area contributed by atoms with E-state index in [-0.39, 0.29) is 17.3 Å². The lowest BCUT2D eigenvalue weighted by Crippen LogP contribution is -2.34. The van der Waals surface area contributed by atoms with Gasteiger partial charge in [0.05, 0.1) is 0 Å². The van der Waals surface area contributed by atoms with Gasteiger partial charge >= 0.3 is 0 Å². The smallest absolute Gasteiger partial charge is 0.163 e. The van der Waals surface area contributed by atoms with Crippen molar-refractivity contribution in [2.24, 2.45) is 11.8 Å². The standard InChI is InChI=1S/C15H19F2NO/c1-10(12-3-2-6-18-9-12)7-15(19)11-4-5-13(16)14(17)8-11/h4-5,8,10,12,18H,2-3,6-7,9H2,1H3. The van der Waals surface area contributed by atoms with Crippen molar-refractivity contribution >= 4 is 5.78 Å². The molecule has 0 spiro atoms. The van der Waals surface area contributed by atoms with Gasteiger partial charge in [0, 0.05) is 12.0 Å². The molecule has 2 atom stereocenters. The van der Waals surface area contributed by atoms with Crippen molar-refractivity contribution in [3.63, 3.8) is 0 Å². The highest BCUT2D eigenvalue weighted by molar-refractivity contribution is 5.96. The quantitative estimate of drug-likeness (QED) is 0.849. The number of piperidine rings is 1. The summed E-state index contributed by atoms with van der Waals surface area (Å²) < 4.78 is 25.9. The van der Waals surface area contributed by atoms with Gasteiger partial charge in [0.15, 0.2) is 17.4 Å². The van der Waals surface area contributed by atoms with Crippen LogP contribution in [0.3, 0.4) is 0 Å². The van der Waals surface area contributed by atoms with Gasteiger partial charge in [0.2, 0.25) is 0 Å². The Morgan fingerprint density at radius 3 is 2.84 bits per heavy atom. The first-order chi connectivity index (χ1) is 9.08. The molecule has 0 aliphatic carbocycles. The number of hydrogen-bond acceptors (Lipinski definition) is 2. The minimum atomic E-state index is -0.960. The van der Waals surface area contributed by atoms with Crippen molar-refractivity contribution in [1.29, 1.82) is 0 Å². The van der Waals surface area contributed by atoms with E-state index in [2.05, 4.69) is 12.2 Å². The number of halogens is 2. The SMILES string of the molecule is CC(CC(=O)c1ccc(F)c(F)c1)C1CCCNC1. The summed E-state index contributed by atoms with van der Waals surface area (Å²) in [6.07, 6.45) is 2.64. The van der Waals surface area contributed by atoms with E-state index in [1.807, 2.05) is 0 Å². The predicted octanol–water partition coefficient (Wildman–Crippen LogP) is 3.17. The Kier molecular flexibility index (Phi) is 4.64. The molecule has 1 aromatic rings. The lowest BCUT2D eigenvalue weighted by atomic mass is 9.83. The molecular formula is C15H19F2NO. The van der Waals surface area contributed by atoms with Crippen LogP contribution in [0.15, 0.2) is 18.2 Å². The van der Waals surface area contributed by atoms with Crippen LogP contribution in [0.2, 0.25) is 0 Å². The highest BCUT2D eigenvalue weighted by Gasteiger charge is 2.22. The Morgan fingerprint density at radius 1 is 1.42 bits per heavy atom. The minimum Gasteiger partial charge on any atom is -0.316 e. The molecule has 0 radical (unpaired) electrons. The Hall–Kier alpha value is -1.29. The van der Waals surface area contributed by atoms with E-state index in [1.165, 1.54) is 6.07 Å². The number of nitrogens with one attached hydrogen (secondary N) is 1.